The lowest BCUT2D eigenvalue weighted by molar-refractivity contribution is 0.494. The minimum Gasteiger partial charge on any atom is -0.341 e. The molecule has 154 valence electrons. The molecule has 1 fully saturated rings. The third kappa shape index (κ3) is 3.33. The minimum atomic E-state index is -0.435. The predicted octanol–water partition coefficient (Wildman–Crippen LogP) is -0.00918. The summed E-state index contributed by atoms with van der Waals surface area (Å²) in [5.74, 6) is 1.11. The summed E-state index contributed by atoms with van der Waals surface area (Å²) in [6, 6.07) is 1.85. The first-order chi connectivity index (χ1) is 13.9. The van der Waals surface area contributed by atoms with E-state index >= 15 is 0 Å². The monoisotopic (exact) mass is 398 g/mol. The van der Waals surface area contributed by atoms with Gasteiger partial charge in [0.2, 0.25) is 5.95 Å². The van der Waals surface area contributed by atoms with Crippen molar-refractivity contribution in [3.8, 4) is 0 Å². The van der Waals surface area contributed by atoms with E-state index in [0.717, 1.165) is 25.1 Å². The molecule has 4 rings (SSSR count). The molecule has 29 heavy (non-hydrogen) atoms. The van der Waals surface area contributed by atoms with E-state index in [0.29, 0.717) is 36.0 Å². The van der Waals surface area contributed by atoms with Crippen LogP contribution in [0.5, 0.6) is 0 Å². The van der Waals surface area contributed by atoms with Gasteiger partial charge in [0.1, 0.15) is 5.82 Å². The number of piperidine rings is 1. The van der Waals surface area contributed by atoms with Gasteiger partial charge < -0.3 is 15.2 Å². The SMILES string of the molecule is CCn1c(N2CCC[C@@H](N)C2)nc2c1c(=O)n(Cc1nccc(C)n1)c(=O)n2C. The van der Waals surface area contributed by atoms with Crippen LogP contribution in [-0.4, -0.2) is 47.8 Å². The second-order valence-electron chi connectivity index (χ2n) is 7.52. The zero-order chi connectivity index (χ0) is 20.7. The number of aryl methyl sites for hydroxylation is 3. The van der Waals surface area contributed by atoms with Gasteiger partial charge in [-0.05, 0) is 32.8 Å². The Hall–Kier alpha value is -3.01. The van der Waals surface area contributed by atoms with Crippen LogP contribution in [0.1, 0.15) is 31.3 Å². The maximum absolute atomic E-state index is 13.3. The van der Waals surface area contributed by atoms with Gasteiger partial charge in [-0.3, -0.25) is 13.9 Å². The Morgan fingerprint density at radius 2 is 2.03 bits per heavy atom. The number of hydrogen-bond acceptors (Lipinski definition) is 7. The lowest BCUT2D eigenvalue weighted by Crippen LogP contribution is -2.44. The summed E-state index contributed by atoms with van der Waals surface area (Å²) in [6.45, 7) is 5.90. The summed E-state index contributed by atoms with van der Waals surface area (Å²) in [4.78, 5) is 41.5. The van der Waals surface area contributed by atoms with Gasteiger partial charge in [0, 0.05) is 44.6 Å². The maximum atomic E-state index is 13.3. The molecule has 1 aliphatic heterocycles. The molecule has 1 aliphatic rings. The van der Waals surface area contributed by atoms with Crippen LogP contribution in [-0.2, 0) is 20.1 Å². The summed E-state index contributed by atoms with van der Waals surface area (Å²) in [5.41, 5.74) is 6.91. The Morgan fingerprint density at radius 1 is 1.24 bits per heavy atom. The summed E-state index contributed by atoms with van der Waals surface area (Å²) < 4.78 is 4.48. The van der Waals surface area contributed by atoms with E-state index in [4.69, 9.17) is 5.73 Å². The van der Waals surface area contributed by atoms with Crippen molar-refractivity contribution in [3.63, 3.8) is 0 Å². The maximum Gasteiger partial charge on any atom is 0.332 e. The van der Waals surface area contributed by atoms with E-state index < -0.39 is 5.69 Å². The second kappa shape index (κ2) is 7.43. The Kier molecular flexibility index (Phi) is 4.95. The Morgan fingerprint density at radius 3 is 2.72 bits per heavy atom. The number of nitrogens with two attached hydrogens (primary N) is 1. The standard InChI is InChI=1S/C19H26N8O2/c1-4-26-15-16(23-18(26)25-9-5-6-13(20)10-25)24(3)19(29)27(17(15)28)11-14-21-8-7-12(2)22-14/h7-8,13H,4-6,9-11,20H2,1-3H3/t13-/m1/s1. The van der Waals surface area contributed by atoms with E-state index in [1.54, 1.807) is 19.3 Å². The number of anilines is 1. The molecular weight excluding hydrogens is 372 g/mol. The van der Waals surface area contributed by atoms with Crippen molar-refractivity contribution in [3.05, 3.63) is 44.6 Å². The quantitative estimate of drug-likeness (QED) is 0.657. The number of rotatable bonds is 4. The first kappa shape index (κ1) is 19.3. The summed E-state index contributed by atoms with van der Waals surface area (Å²) >= 11 is 0. The van der Waals surface area contributed by atoms with Crippen LogP contribution in [0.4, 0.5) is 5.95 Å². The summed E-state index contributed by atoms with van der Waals surface area (Å²) in [6.07, 6.45) is 3.58. The number of aromatic nitrogens is 6. The van der Waals surface area contributed by atoms with Gasteiger partial charge in [-0.25, -0.2) is 14.8 Å². The number of nitrogens with zero attached hydrogens (tertiary/aromatic N) is 7. The molecule has 0 aromatic carbocycles. The first-order valence-corrected chi connectivity index (χ1v) is 9.89. The minimum absolute atomic E-state index is 0.0158. The fraction of sp³-hybridized carbons (Fsp3) is 0.526. The van der Waals surface area contributed by atoms with Crippen molar-refractivity contribution >= 4 is 17.1 Å². The number of fused-ring (bicyclic) bond motifs is 1. The highest BCUT2D eigenvalue weighted by Crippen LogP contribution is 2.22. The zero-order valence-electron chi connectivity index (χ0n) is 17.0. The van der Waals surface area contributed by atoms with Crippen molar-refractivity contribution in [2.45, 2.75) is 45.8 Å². The summed E-state index contributed by atoms with van der Waals surface area (Å²) in [7, 11) is 1.64. The van der Waals surface area contributed by atoms with Crippen LogP contribution in [0, 0.1) is 6.92 Å². The van der Waals surface area contributed by atoms with Crippen LogP contribution in [0.25, 0.3) is 11.2 Å². The highest BCUT2D eigenvalue weighted by atomic mass is 16.2. The highest BCUT2D eigenvalue weighted by molar-refractivity contribution is 5.74. The third-order valence-corrected chi connectivity index (χ3v) is 5.41. The number of imidazole rings is 1. The van der Waals surface area contributed by atoms with E-state index in [2.05, 4.69) is 19.9 Å². The average molecular weight is 398 g/mol. The van der Waals surface area contributed by atoms with Crippen molar-refractivity contribution in [2.75, 3.05) is 18.0 Å². The molecule has 0 spiro atoms. The van der Waals surface area contributed by atoms with E-state index in [1.807, 2.05) is 18.4 Å². The molecule has 3 aromatic rings. The van der Waals surface area contributed by atoms with Crippen LogP contribution in [0.3, 0.4) is 0 Å². The molecule has 0 bridgehead atoms. The van der Waals surface area contributed by atoms with Crippen LogP contribution >= 0.6 is 0 Å². The Labute approximate surface area is 167 Å². The van der Waals surface area contributed by atoms with Crippen molar-refractivity contribution in [1.82, 2.24) is 28.7 Å². The lowest BCUT2D eigenvalue weighted by atomic mass is 10.1. The molecule has 2 N–H and O–H groups in total. The van der Waals surface area contributed by atoms with Crippen LogP contribution in [0.15, 0.2) is 21.9 Å². The van der Waals surface area contributed by atoms with Gasteiger partial charge >= 0.3 is 5.69 Å². The average Bonchev–Trinajstić information content (AvgIpc) is 3.09. The normalized spacial score (nSPS) is 17.2. The zero-order valence-corrected chi connectivity index (χ0v) is 17.0. The van der Waals surface area contributed by atoms with Gasteiger partial charge in [0.25, 0.3) is 5.56 Å². The molecule has 0 saturated carbocycles. The molecule has 0 unspecified atom stereocenters. The molecule has 3 aromatic heterocycles. The van der Waals surface area contributed by atoms with E-state index in [-0.39, 0.29) is 18.1 Å². The molecule has 4 heterocycles. The van der Waals surface area contributed by atoms with Gasteiger partial charge in [-0.15, -0.1) is 0 Å². The number of hydrogen-bond donors (Lipinski definition) is 1. The third-order valence-electron chi connectivity index (χ3n) is 5.41. The summed E-state index contributed by atoms with van der Waals surface area (Å²) in [5, 5.41) is 0. The predicted molar refractivity (Wildman–Crippen MR) is 110 cm³/mol. The second-order valence-corrected chi connectivity index (χ2v) is 7.52. The molecule has 10 heteroatoms. The molecule has 10 nitrogen and oxygen atoms in total. The molecule has 1 atom stereocenters. The van der Waals surface area contributed by atoms with Crippen molar-refractivity contribution < 1.29 is 0 Å². The van der Waals surface area contributed by atoms with Gasteiger partial charge in [0.15, 0.2) is 11.2 Å². The van der Waals surface area contributed by atoms with Crippen molar-refractivity contribution in [2.24, 2.45) is 12.8 Å². The smallest absolute Gasteiger partial charge is 0.332 e. The van der Waals surface area contributed by atoms with Gasteiger partial charge in [-0.2, -0.15) is 4.98 Å². The topological polar surface area (TPSA) is 117 Å². The molecule has 0 radical (unpaired) electrons. The Balaban J connectivity index is 1.89. The lowest BCUT2D eigenvalue weighted by Gasteiger charge is -2.31. The van der Waals surface area contributed by atoms with E-state index in [1.165, 1.54) is 9.13 Å². The molecule has 0 amide bonds. The van der Waals surface area contributed by atoms with Gasteiger partial charge in [0.05, 0.1) is 6.54 Å². The largest absolute Gasteiger partial charge is 0.341 e. The first-order valence-electron chi connectivity index (χ1n) is 9.89. The van der Waals surface area contributed by atoms with Crippen LogP contribution in [0.2, 0.25) is 0 Å². The highest BCUT2D eigenvalue weighted by Gasteiger charge is 2.25. The fourth-order valence-electron chi connectivity index (χ4n) is 3.95. The van der Waals surface area contributed by atoms with Crippen LogP contribution < -0.4 is 21.9 Å². The molecular formula is C19H26N8O2. The van der Waals surface area contributed by atoms with E-state index in [9.17, 15) is 9.59 Å². The molecule has 0 aliphatic carbocycles. The van der Waals surface area contributed by atoms with Gasteiger partial charge in [-0.1, -0.05) is 0 Å². The fourth-order valence-corrected chi connectivity index (χ4v) is 3.95. The van der Waals surface area contributed by atoms with Crippen molar-refractivity contribution in [1.29, 1.82) is 0 Å². The molecule has 1 saturated heterocycles. The Bertz CT molecular complexity index is 1180.